The number of aryl methyl sites for hydroxylation is 1. The van der Waals surface area contributed by atoms with E-state index in [2.05, 4.69) is 15.3 Å². The van der Waals surface area contributed by atoms with E-state index in [-0.39, 0.29) is 0 Å². The van der Waals surface area contributed by atoms with Crippen LogP contribution in [0.4, 0.5) is 5.95 Å². The van der Waals surface area contributed by atoms with Crippen LogP contribution in [0.3, 0.4) is 0 Å². The first kappa shape index (κ1) is 12.7. The van der Waals surface area contributed by atoms with Gasteiger partial charge >= 0.3 is 0 Å². The molecule has 1 aliphatic rings. The van der Waals surface area contributed by atoms with Gasteiger partial charge in [0.2, 0.25) is 5.95 Å². The molecule has 3 rings (SSSR count). The number of nitrogens with zero attached hydrogens (tertiary/aromatic N) is 2. The lowest BCUT2D eigenvalue weighted by Gasteiger charge is -2.12. The average Bonchev–Trinajstić information content (AvgIpc) is 2.72. The zero-order valence-corrected chi connectivity index (χ0v) is 11.4. The molecule has 0 unspecified atom stereocenters. The number of para-hydroxylation sites is 1. The van der Waals surface area contributed by atoms with Gasteiger partial charge in [0.15, 0.2) is 11.5 Å². The van der Waals surface area contributed by atoms with Gasteiger partial charge in [0.1, 0.15) is 0 Å². The number of benzene rings is 1. The highest BCUT2D eigenvalue weighted by Crippen LogP contribution is 2.33. The number of hydrogen-bond donors (Lipinski definition) is 1. The van der Waals surface area contributed by atoms with Crippen LogP contribution in [0.15, 0.2) is 30.6 Å². The fraction of sp³-hybridized carbons (Fsp3) is 0.333. The van der Waals surface area contributed by atoms with Crippen molar-refractivity contribution in [3.05, 3.63) is 41.7 Å². The predicted octanol–water partition coefficient (Wildman–Crippen LogP) is 2.56. The third-order valence-corrected chi connectivity index (χ3v) is 3.07. The van der Waals surface area contributed by atoms with Gasteiger partial charge in [0.25, 0.3) is 0 Å². The van der Waals surface area contributed by atoms with Crippen LogP contribution < -0.4 is 14.8 Å². The van der Waals surface area contributed by atoms with Gasteiger partial charge in [-0.15, -0.1) is 0 Å². The van der Waals surface area contributed by atoms with Crippen molar-refractivity contribution in [1.29, 1.82) is 0 Å². The summed E-state index contributed by atoms with van der Waals surface area (Å²) in [5.41, 5.74) is 2.09. The van der Waals surface area contributed by atoms with Gasteiger partial charge in [-0.05, 0) is 18.6 Å². The Bertz CT molecular complexity index is 584. The molecule has 0 spiro atoms. The van der Waals surface area contributed by atoms with Crippen LogP contribution >= 0.6 is 0 Å². The van der Waals surface area contributed by atoms with E-state index in [9.17, 15) is 0 Å². The monoisotopic (exact) mass is 271 g/mol. The molecule has 0 fully saturated rings. The molecule has 1 aliphatic heterocycles. The lowest BCUT2D eigenvalue weighted by Crippen LogP contribution is -2.06. The molecule has 1 aromatic heterocycles. The van der Waals surface area contributed by atoms with Crippen molar-refractivity contribution in [2.75, 3.05) is 18.5 Å². The lowest BCUT2D eigenvalue weighted by atomic mass is 10.2. The number of ether oxygens (including phenoxy) is 2. The van der Waals surface area contributed by atoms with Crippen molar-refractivity contribution >= 4 is 5.95 Å². The zero-order valence-electron chi connectivity index (χ0n) is 11.4. The topological polar surface area (TPSA) is 56.3 Å². The number of aromatic nitrogens is 2. The molecule has 5 nitrogen and oxygen atoms in total. The van der Waals surface area contributed by atoms with E-state index in [4.69, 9.17) is 9.47 Å². The second-order valence-corrected chi connectivity index (χ2v) is 4.73. The van der Waals surface area contributed by atoms with Crippen molar-refractivity contribution in [2.24, 2.45) is 0 Å². The predicted molar refractivity (Wildman–Crippen MR) is 76.1 cm³/mol. The van der Waals surface area contributed by atoms with Crippen LogP contribution in [-0.2, 0) is 6.54 Å². The first-order valence-electron chi connectivity index (χ1n) is 6.73. The van der Waals surface area contributed by atoms with Gasteiger partial charge in [-0.3, -0.25) is 0 Å². The molecule has 1 N–H and O–H groups in total. The summed E-state index contributed by atoms with van der Waals surface area (Å²) in [6.45, 7) is 3.96. The molecule has 0 radical (unpaired) electrons. The van der Waals surface area contributed by atoms with E-state index in [0.717, 1.165) is 29.0 Å². The lowest BCUT2D eigenvalue weighted by molar-refractivity contribution is 0.296. The minimum absolute atomic E-state index is 0.607. The highest BCUT2D eigenvalue weighted by atomic mass is 16.5. The maximum Gasteiger partial charge on any atom is 0.222 e. The molecule has 0 saturated heterocycles. The van der Waals surface area contributed by atoms with Gasteiger partial charge in [0, 0.05) is 30.9 Å². The normalized spacial score (nSPS) is 13.7. The number of hydrogen-bond acceptors (Lipinski definition) is 5. The number of anilines is 1. The van der Waals surface area contributed by atoms with E-state index >= 15 is 0 Å². The van der Waals surface area contributed by atoms with Crippen LogP contribution in [0.5, 0.6) is 11.5 Å². The first-order chi connectivity index (χ1) is 9.83. The second kappa shape index (κ2) is 5.77. The average molecular weight is 271 g/mol. The Balaban J connectivity index is 1.75. The van der Waals surface area contributed by atoms with Crippen molar-refractivity contribution < 1.29 is 9.47 Å². The zero-order chi connectivity index (χ0) is 13.8. The largest absolute Gasteiger partial charge is 0.490 e. The third-order valence-electron chi connectivity index (χ3n) is 3.07. The minimum atomic E-state index is 0.607. The smallest absolute Gasteiger partial charge is 0.222 e. The Morgan fingerprint density at radius 3 is 2.80 bits per heavy atom. The van der Waals surface area contributed by atoms with E-state index in [1.807, 2.05) is 25.1 Å². The van der Waals surface area contributed by atoms with Gasteiger partial charge in [-0.2, -0.15) is 0 Å². The molecule has 1 aromatic carbocycles. The summed E-state index contributed by atoms with van der Waals surface area (Å²) in [7, 11) is 0. The second-order valence-electron chi connectivity index (χ2n) is 4.73. The fourth-order valence-electron chi connectivity index (χ4n) is 2.05. The highest BCUT2D eigenvalue weighted by molar-refractivity contribution is 5.48. The molecule has 0 aliphatic carbocycles. The Labute approximate surface area is 118 Å². The molecule has 0 amide bonds. The molecule has 0 saturated carbocycles. The standard InChI is InChI=1S/C15H17N3O2/c1-11-8-16-15(17-9-11)18-10-12-4-2-5-13-14(12)20-7-3-6-19-13/h2,4-5,8-9H,3,6-7,10H2,1H3,(H,16,17,18). The van der Waals surface area contributed by atoms with Gasteiger partial charge < -0.3 is 14.8 Å². The van der Waals surface area contributed by atoms with Crippen LogP contribution in [-0.4, -0.2) is 23.2 Å². The van der Waals surface area contributed by atoms with Crippen LogP contribution in [0.25, 0.3) is 0 Å². The highest BCUT2D eigenvalue weighted by Gasteiger charge is 2.14. The summed E-state index contributed by atoms with van der Waals surface area (Å²) in [5.74, 6) is 2.25. The van der Waals surface area contributed by atoms with E-state index < -0.39 is 0 Å². The minimum Gasteiger partial charge on any atom is -0.490 e. The van der Waals surface area contributed by atoms with Crippen LogP contribution in [0, 0.1) is 6.92 Å². The fourth-order valence-corrected chi connectivity index (χ4v) is 2.05. The van der Waals surface area contributed by atoms with Crippen molar-refractivity contribution in [2.45, 2.75) is 19.9 Å². The van der Waals surface area contributed by atoms with Crippen molar-refractivity contribution in [3.63, 3.8) is 0 Å². The van der Waals surface area contributed by atoms with E-state index in [1.54, 1.807) is 12.4 Å². The summed E-state index contributed by atoms with van der Waals surface area (Å²) in [5, 5.41) is 3.20. The molecule has 0 bridgehead atoms. The molecule has 2 aromatic rings. The summed E-state index contributed by atoms with van der Waals surface area (Å²) < 4.78 is 11.5. The molecule has 5 heteroatoms. The Kier molecular flexibility index (Phi) is 3.67. The molecule has 20 heavy (non-hydrogen) atoms. The number of fused-ring (bicyclic) bond motifs is 1. The molecular weight excluding hydrogens is 254 g/mol. The summed E-state index contributed by atoms with van der Waals surface area (Å²) >= 11 is 0. The Morgan fingerprint density at radius 2 is 1.95 bits per heavy atom. The van der Waals surface area contributed by atoms with Crippen molar-refractivity contribution in [3.8, 4) is 11.5 Å². The summed E-state index contributed by atoms with van der Waals surface area (Å²) in [6, 6.07) is 5.93. The van der Waals surface area contributed by atoms with Crippen molar-refractivity contribution in [1.82, 2.24) is 9.97 Å². The van der Waals surface area contributed by atoms with Gasteiger partial charge in [0.05, 0.1) is 13.2 Å². The maximum atomic E-state index is 5.78. The number of nitrogens with one attached hydrogen (secondary N) is 1. The van der Waals surface area contributed by atoms with E-state index in [1.165, 1.54) is 0 Å². The van der Waals surface area contributed by atoms with Crippen LogP contribution in [0.1, 0.15) is 17.5 Å². The van der Waals surface area contributed by atoms with Gasteiger partial charge in [-0.1, -0.05) is 12.1 Å². The Morgan fingerprint density at radius 1 is 1.15 bits per heavy atom. The number of rotatable bonds is 3. The molecule has 104 valence electrons. The molecule has 2 heterocycles. The summed E-state index contributed by atoms with van der Waals surface area (Å²) in [6.07, 6.45) is 4.49. The molecular formula is C15H17N3O2. The summed E-state index contributed by atoms with van der Waals surface area (Å²) in [4.78, 5) is 8.46. The van der Waals surface area contributed by atoms with Crippen LogP contribution in [0.2, 0.25) is 0 Å². The quantitative estimate of drug-likeness (QED) is 0.929. The first-order valence-corrected chi connectivity index (χ1v) is 6.73. The van der Waals surface area contributed by atoms with E-state index in [0.29, 0.717) is 25.7 Å². The maximum absolute atomic E-state index is 5.78. The Hall–Kier alpha value is -2.30. The molecule has 0 atom stereocenters. The third kappa shape index (κ3) is 2.82. The van der Waals surface area contributed by atoms with Gasteiger partial charge in [-0.25, -0.2) is 9.97 Å². The SMILES string of the molecule is Cc1cnc(NCc2cccc3c2OCCCO3)nc1.